The summed E-state index contributed by atoms with van der Waals surface area (Å²) >= 11 is 0. The van der Waals surface area contributed by atoms with E-state index in [9.17, 15) is 0 Å². The molecular weight excluding hydrogens is 234 g/mol. The van der Waals surface area contributed by atoms with Crippen LogP contribution in [0.1, 0.15) is 39.1 Å². The number of fused-ring (bicyclic) bond motifs is 1. The Hall–Kier alpha value is -1.35. The molecule has 1 atom stereocenters. The number of nitrogens with zero attached hydrogens (tertiary/aromatic N) is 2. The zero-order valence-corrected chi connectivity index (χ0v) is 12.7. The summed E-state index contributed by atoms with van der Waals surface area (Å²) in [6.45, 7) is 13.2. The van der Waals surface area contributed by atoms with Crippen molar-refractivity contribution in [2.75, 3.05) is 6.54 Å². The van der Waals surface area contributed by atoms with E-state index in [2.05, 4.69) is 61.6 Å². The van der Waals surface area contributed by atoms with Crippen molar-refractivity contribution in [1.29, 1.82) is 0 Å². The van der Waals surface area contributed by atoms with E-state index >= 15 is 0 Å². The van der Waals surface area contributed by atoms with Gasteiger partial charge in [-0.1, -0.05) is 33.8 Å². The van der Waals surface area contributed by atoms with Gasteiger partial charge in [0.2, 0.25) is 0 Å². The highest BCUT2D eigenvalue weighted by Gasteiger charge is 2.19. The van der Waals surface area contributed by atoms with Crippen molar-refractivity contribution in [1.82, 2.24) is 14.7 Å². The van der Waals surface area contributed by atoms with Crippen LogP contribution in [0.4, 0.5) is 0 Å². The summed E-state index contributed by atoms with van der Waals surface area (Å²) in [5, 5.41) is 3.57. The van der Waals surface area contributed by atoms with Gasteiger partial charge in [0.05, 0.1) is 11.4 Å². The van der Waals surface area contributed by atoms with Crippen LogP contribution < -0.4 is 5.32 Å². The van der Waals surface area contributed by atoms with Crippen LogP contribution in [0.2, 0.25) is 0 Å². The fraction of sp³-hybridized carbons (Fsp3) is 0.562. The predicted octanol–water partition coefficient (Wildman–Crippen LogP) is 3.41. The molecule has 2 rings (SSSR count). The van der Waals surface area contributed by atoms with Gasteiger partial charge in [0.15, 0.2) is 0 Å². The number of aromatic nitrogens is 2. The summed E-state index contributed by atoms with van der Waals surface area (Å²) in [4.78, 5) is 4.58. The SMILES string of the molecule is Cc1nc2ccccn2c1CNCC(C)C(C)(C)C. The second-order valence-electron chi connectivity index (χ2n) is 6.47. The lowest BCUT2D eigenvalue weighted by molar-refractivity contribution is 0.252. The largest absolute Gasteiger partial charge is 0.311 e. The van der Waals surface area contributed by atoms with Crippen molar-refractivity contribution in [2.45, 2.75) is 41.2 Å². The molecular formula is C16H25N3. The molecule has 1 unspecified atom stereocenters. The number of imidazole rings is 1. The number of rotatable bonds is 4. The zero-order chi connectivity index (χ0) is 14.0. The van der Waals surface area contributed by atoms with E-state index < -0.39 is 0 Å². The van der Waals surface area contributed by atoms with E-state index in [1.54, 1.807) is 0 Å². The molecule has 3 nitrogen and oxygen atoms in total. The molecule has 0 bridgehead atoms. The van der Waals surface area contributed by atoms with Gasteiger partial charge in [-0.25, -0.2) is 4.98 Å². The molecule has 2 aromatic heterocycles. The van der Waals surface area contributed by atoms with E-state index in [4.69, 9.17) is 0 Å². The van der Waals surface area contributed by atoms with Crippen LogP contribution >= 0.6 is 0 Å². The molecule has 1 N–H and O–H groups in total. The molecule has 0 radical (unpaired) electrons. The van der Waals surface area contributed by atoms with Crippen LogP contribution in [-0.4, -0.2) is 15.9 Å². The maximum absolute atomic E-state index is 4.58. The number of aryl methyl sites for hydroxylation is 1. The first-order valence-electron chi connectivity index (χ1n) is 7.03. The van der Waals surface area contributed by atoms with Crippen molar-refractivity contribution in [2.24, 2.45) is 11.3 Å². The molecule has 0 aromatic carbocycles. The van der Waals surface area contributed by atoms with Crippen LogP contribution in [-0.2, 0) is 6.54 Å². The Kier molecular flexibility index (Phi) is 3.95. The number of pyridine rings is 1. The third-order valence-corrected chi connectivity index (χ3v) is 4.05. The minimum Gasteiger partial charge on any atom is -0.311 e. The van der Waals surface area contributed by atoms with E-state index in [-0.39, 0.29) is 0 Å². The van der Waals surface area contributed by atoms with E-state index in [0.717, 1.165) is 24.4 Å². The molecule has 0 spiro atoms. The summed E-state index contributed by atoms with van der Waals surface area (Å²) in [6.07, 6.45) is 2.08. The highest BCUT2D eigenvalue weighted by atomic mass is 15.0. The van der Waals surface area contributed by atoms with E-state index in [0.29, 0.717) is 11.3 Å². The second kappa shape index (κ2) is 5.33. The van der Waals surface area contributed by atoms with Gasteiger partial charge in [0, 0.05) is 12.7 Å². The molecule has 3 heteroatoms. The van der Waals surface area contributed by atoms with Crippen LogP contribution in [0, 0.1) is 18.3 Å². The van der Waals surface area contributed by atoms with Gasteiger partial charge in [-0.2, -0.15) is 0 Å². The van der Waals surface area contributed by atoms with Gasteiger partial charge in [0.25, 0.3) is 0 Å². The topological polar surface area (TPSA) is 29.3 Å². The molecule has 0 aliphatic rings. The van der Waals surface area contributed by atoms with Crippen molar-refractivity contribution >= 4 is 5.65 Å². The fourth-order valence-corrected chi connectivity index (χ4v) is 2.09. The van der Waals surface area contributed by atoms with Gasteiger partial charge in [0.1, 0.15) is 5.65 Å². The summed E-state index contributed by atoms with van der Waals surface area (Å²) in [5.74, 6) is 0.645. The Morgan fingerprint density at radius 1 is 1.32 bits per heavy atom. The lowest BCUT2D eigenvalue weighted by atomic mass is 9.82. The average molecular weight is 259 g/mol. The number of hydrogen-bond acceptors (Lipinski definition) is 2. The summed E-state index contributed by atoms with van der Waals surface area (Å²) in [6, 6.07) is 6.13. The monoisotopic (exact) mass is 259 g/mol. The summed E-state index contributed by atoms with van der Waals surface area (Å²) < 4.78 is 2.17. The first-order chi connectivity index (χ1) is 8.89. The summed E-state index contributed by atoms with van der Waals surface area (Å²) in [7, 11) is 0. The van der Waals surface area contributed by atoms with Crippen molar-refractivity contribution in [3.05, 3.63) is 35.8 Å². The molecule has 19 heavy (non-hydrogen) atoms. The smallest absolute Gasteiger partial charge is 0.137 e. The van der Waals surface area contributed by atoms with Gasteiger partial charge in [-0.05, 0) is 36.9 Å². The normalized spacial score (nSPS) is 13.9. The molecule has 0 aliphatic carbocycles. The van der Waals surface area contributed by atoms with E-state index in [1.807, 2.05) is 12.1 Å². The predicted molar refractivity (Wildman–Crippen MR) is 80.3 cm³/mol. The highest BCUT2D eigenvalue weighted by Crippen LogP contribution is 2.24. The van der Waals surface area contributed by atoms with Crippen molar-refractivity contribution in [3.63, 3.8) is 0 Å². The van der Waals surface area contributed by atoms with Crippen LogP contribution in [0.3, 0.4) is 0 Å². The van der Waals surface area contributed by atoms with Gasteiger partial charge in [-0.3, -0.25) is 0 Å². The first kappa shape index (κ1) is 14.1. The molecule has 0 fully saturated rings. The minimum absolute atomic E-state index is 0.349. The fourth-order valence-electron chi connectivity index (χ4n) is 2.09. The van der Waals surface area contributed by atoms with Gasteiger partial charge in [-0.15, -0.1) is 0 Å². The quantitative estimate of drug-likeness (QED) is 0.911. The lowest BCUT2D eigenvalue weighted by Crippen LogP contribution is -2.29. The molecule has 2 aromatic rings. The third kappa shape index (κ3) is 3.16. The summed E-state index contributed by atoms with van der Waals surface area (Å²) in [5.41, 5.74) is 3.75. The maximum Gasteiger partial charge on any atom is 0.137 e. The van der Waals surface area contributed by atoms with Crippen LogP contribution in [0.25, 0.3) is 5.65 Å². The lowest BCUT2D eigenvalue weighted by Gasteiger charge is -2.27. The number of nitrogens with one attached hydrogen (secondary N) is 1. The Labute approximate surface area is 116 Å². The highest BCUT2D eigenvalue weighted by molar-refractivity contribution is 5.42. The molecule has 0 saturated carbocycles. The number of hydrogen-bond donors (Lipinski definition) is 1. The maximum atomic E-state index is 4.58. The Morgan fingerprint density at radius 3 is 2.74 bits per heavy atom. The third-order valence-electron chi connectivity index (χ3n) is 4.05. The standard InChI is InChI=1S/C16H25N3/c1-12(16(3,4)5)10-17-11-14-13(2)18-15-8-6-7-9-19(14)15/h6-9,12,17H,10-11H2,1-5H3. The minimum atomic E-state index is 0.349. The van der Waals surface area contributed by atoms with Gasteiger partial charge < -0.3 is 9.72 Å². The van der Waals surface area contributed by atoms with Crippen LogP contribution in [0.15, 0.2) is 24.4 Å². The molecule has 0 saturated heterocycles. The first-order valence-corrected chi connectivity index (χ1v) is 7.03. The van der Waals surface area contributed by atoms with Crippen molar-refractivity contribution in [3.8, 4) is 0 Å². The van der Waals surface area contributed by atoms with E-state index in [1.165, 1.54) is 5.69 Å². The Bertz CT molecular complexity index is 549. The zero-order valence-electron chi connectivity index (χ0n) is 12.7. The van der Waals surface area contributed by atoms with Gasteiger partial charge >= 0.3 is 0 Å². The second-order valence-corrected chi connectivity index (χ2v) is 6.47. The molecule has 104 valence electrons. The van der Waals surface area contributed by atoms with Crippen LogP contribution in [0.5, 0.6) is 0 Å². The molecule has 0 amide bonds. The Balaban J connectivity index is 2.04. The molecule has 0 aliphatic heterocycles. The average Bonchev–Trinajstić information content (AvgIpc) is 2.64. The Morgan fingerprint density at radius 2 is 2.05 bits per heavy atom. The van der Waals surface area contributed by atoms with Crippen molar-refractivity contribution < 1.29 is 0 Å². The molecule has 2 heterocycles.